The van der Waals surface area contributed by atoms with Crippen molar-refractivity contribution in [3.05, 3.63) is 89.5 Å². The van der Waals surface area contributed by atoms with Crippen molar-refractivity contribution in [2.45, 2.75) is 13.0 Å². The van der Waals surface area contributed by atoms with Crippen LogP contribution in [0.25, 0.3) is 11.1 Å². The van der Waals surface area contributed by atoms with Crippen molar-refractivity contribution in [2.24, 2.45) is 0 Å². The van der Waals surface area contributed by atoms with Gasteiger partial charge in [0, 0.05) is 5.69 Å². The van der Waals surface area contributed by atoms with Crippen molar-refractivity contribution in [1.82, 2.24) is 0 Å². The number of rotatable bonds is 3. The molecule has 22 heavy (non-hydrogen) atoms. The van der Waals surface area contributed by atoms with Gasteiger partial charge >= 0.3 is 0 Å². The van der Waals surface area contributed by atoms with Crippen LogP contribution in [0.15, 0.2) is 72.8 Å². The van der Waals surface area contributed by atoms with Crippen LogP contribution in [0.5, 0.6) is 0 Å². The molecule has 3 N–H and O–H groups in total. The first-order valence-electron chi connectivity index (χ1n) is 7.34. The van der Waals surface area contributed by atoms with E-state index in [9.17, 15) is 5.11 Å². The largest absolute Gasteiger partial charge is 0.399 e. The Balaban J connectivity index is 1.87. The average molecular weight is 289 g/mol. The van der Waals surface area contributed by atoms with E-state index in [-0.39, 0.29) is 0 Å². The Morgan fingerprint density at radius 2 is 1.36 bits per heavy atom. The van der Waals surface area contributed by atoms with Crippen molar-refractivity contribution in [1.29, 1.82) is 0 Å². The molecular formula is C20H19NO. The van der Waals surface area contributed by atoms with Gasteiger partial charge in [0.05, 0.1) is 0 Å². The number of aryl methyl sites for hydroxylation is 1. The summed E-state index contributed by atoms with van der Waals surface area (Å²) in [5, 5.41) is 10.5. The molecule has 0 fully saturated rings. The van der Waals surface area contributed by atoms with E-state index in [2.05, 4.69) is 12.1 Å². The fourth-order valence-corrected chi connectivity index (χ4v) is 2.55. The SMILES string of the molecule is Cc1cc([C@H](O)c2ccc(-c3ccccc3)cc2)ccc1N. The first kappa shape index (κ1) is 14.4. The van der Waals surface area contributed by atoms with Gasteiger partial charge in [-0.25, -0.2) is 0 Å². The van der Waals surface area contributed by atoms with Crippen molar-refractivity contribution in [2.75, 3.05) is 5.73 Å². The second-order valence-corrected chi connectivity index (χ2v) is 5.51. The summed E-state index contributed by atoms with van der Waals surface area (Å²) in [7, 11) is 0. The van der Waals surface area contributed by atoms with Crippen LogP contribution in [0, 0.1) is 6.92 Å². The molecule has 0 bridgehead atoms. The van der Waals surface area contributed by atoms with Crippen LogP contribution in [-0.4, -0.2) is 5.11 Å². The number of hydrogen-bond acceptors (Lipinski definition) is 2. The lowest BCUT2D eigenvalue weighted by Crippen LogP contribution is -2.01. The average Bonchev–Trinajstić information content (AvgIpc) is 2.58. The molecule has 3 aromatic rings. The summed E-state index contributed by atoms with van der Waals surface area (Å²) in [5.41, 5.74) is 11.6. The summed E-state index contributed by atoms with van der Waals surface area (Å²) in [5.74, 6) is 0. The Morgan fingerprint density at radius 3 is 2.00 bits per heavy atom. The molecule has 0 spiro atoms. The van der Waals surface area contributed by atoms with Crippen molar-refractivity contribution in [3.8, 4) is 11.1 Å². The van der Waals surface area contributed by atoms with Gasteiger partial charge in [0.25, 0.3) is 0 Å². The standard InChI is InChI=1S/C20H19NO/c1-14-13-18(11-12-19(14)21)20(22)17-9-7-16(8-10-17)15-5-3-2-4-6-15/h2-13,20,22H,21H2,1H3/t20-/m1/s1. The van der Waals surface area contributed by atoms with E-state index in [1.54, 1.807) is 0 Å². The van der Waals surface area contributed by atoms with Crippen LogP contribution in [0.2, 0.25) is 0 Å². The van der Waals surface area contributed by atoms with Gasteiger partial charge in [0.1, 0.15) is 6.10 Å². The molecule has 0 aliphatic rings. The monoisotopic (exact) mass is 289 g/mol. The van der Waals surface area contributed by atoms with E-state index in [1.165, 1.54) is 5.56 Å². The zero-order valence-corrected chi connectivity index (χ0v) is 12.5. The predicted molar refractivity (Wildman–Crippen MR) is 91.5 cm³/mol. The predicted octanol–water partition coefficient (Wildman–Crippen LogP) is 4.33. The topological polar surface area (TPSA) is 46.2 Å². The molecule has 3 aromatic carbocycles. The first-order valence-corrected chi connectivity index (χ1v) is 7.34. The Hall–Kier alpha value is -2.58. The highest BCUT2D eigenvalue weighted by Gasteiger charge is 2.11. The number of anilines is 1. The third-order valence-corrected chi connectivity index (χ3v) is 3.94. The van der Waals surface area contributed by atoms with E-state index >= 15 is 0 Å². The fraction of sp³-hybridized carbons (Fsp3) is 0.100. The van der Waals surface area contributed by atoms with Gasteiger partial charge in [-0.05, 0) is 40.8 Å². The van der Waals surface area contributed by atoms with E-state index in [1.807, 2.05) is 67.6 Å². The molecule has 0 amide bonds. The van der Waals surface area contributed by atoms with Crippen LogP contribution >= 0.6 is 0 Å². The van der Waals surface area contributed by atoms with Crippen molar-refractivity contribution in [3.63, 3.8) is 0 Å². The molecule has 0 aliphatic carbocycles. The minimum Gasteiger partial charge on any atom is -0.399 e. The summed E-state index contributed by atoms with van der Waals surface area (Å²) in [4.78, 5) is 0. The van der Waals surface area contributed by atoms with Crippen LogP contribution in [-0.2, 0) is 0 Å². The quantitative estimate of drug-likeness (QED) is 0.705. The van der Waals surface area contributed by atoms with Crippen LogP contribution in [0.1, 0.15) is 22.8 Å². The summed E-state index contributed by atoms with van der Waals surface area (Å²) < 4.78 is 0. The van der Waals surface area contributed by atoms with Gasteiger partial charge in [-0.3, -0.25) is 0 Å². The highest BCUT2D eigenvalue weighted by molar-refractivity contribution is 5.63. The summed E-state index contributed by atoms with van der Waals surface area (Å²) in [6.07, 6.45) is -0.635. The van der Waals surface area contributed by atoms with Gasteiger partial charge < -0.3 is 10.8 Å². The normalized spacial score (nSPS) is 12.1. The van der Waals surface area contributed by atoms with Gasteiger partial charge in [-0.15, -0.1) is 0 Å². The summed E-state index contributed by atoms with van der Waals surface area (Å²) >= 11 is 0. The molecule has 110 valence electrons. The molecule has 0 aromatic heterocycles. The Kier molecular flexibility index (Phi) is 3.94. The van der Waals surface area contributed by atoms with Crippen molar-refractivity contribution >= 4 is 5.69 Å². The first-order chi connectivity index (χ1) is 10.6. The highest BCUT2D eigenvalue weighted by Crippen LogP contribution is 2.27. The van der Waals surface area contributed by atoms with Gasteiger partial charge in [0.2, 0.25) is 0 Å². The number of benzene rings is 3. The maximum Gasteiger partial charge on any atom is 0.104 e. The molecule has 2 heteroatoms. The van der Waals surface area contributed by atoms with Crippen LogP contribution < -0.4 is 5.73 Å². The van der Waals surface area contributed by atoms with Gasteiger partial charge in [-0.1, -0.05) is 66.7 Å². The van der Waals surface area contributed by atoms with E-state index < -0.39 is 6.10 Å². The number of aliphatic hydroxyl groups excluding tert-OH is 1. The lowest BCUT2D eigenvalue weighted by Gasteiger charge is -2.14. The van der Waals surface area contributed by atoms with Crippen molar-refractivity contribution < 1.29 is 5.11 Å². The molecule has 0 aliphatic heterocycles. The van der Waals surface area contributed by atoms with Crippen LogP contribution in [0.4, 0.5) is 5.69 Å². The number of nitrogen functional groups attached to an aromatic ring is 1. The molecule has 1 atom stereocenters. The smallest absolute Gasteiger partial charge is 0.104 e. The van der Waals surface area contributed by atoms with E-state index in [4.69, 9.17) is 5.73 Å². The zero-order chi connectivity index (χ0) is 15.5. The molecular weight excluding hydrogens is 270 g/mol. The molecule has 3 rings (SSSR count). The third-order valence-electron chi connectivity index (χ3n) is 3.94. The molecule has 0 unspecified atom stereocenters. The minimum atomic E-state index is -0.635. The van der Waals surface area contributed by atoms with Gasteiger partial charge in [-0.2, -0.15) is 0 Å². The van der Waals surface area contributed by atoms with E-state index in [0.717, 1.165) is 27.9 Å². The third kappa shape index (κ3) is 2.87. The maximum atomic E-state index is 10.5. The second kappa shape index (κ2) is 6.04. The number of aliphatic hydroxyl groups is 1. The molecule has 0 saturated carbocycles. The second-order valence-electron chi connectivity index (χ2n) is 5.51. The number of hydrogen-bond donors (Lipinski definition) is 2. The zero-order valence-electron chi connectivity index (χ0n) is 12.5. The van der Waals surface area contributed by atoms with E-state index in [0.29, 0.717) is 0 Å². The van der Waals surface area contributed by atoms with Crippen LogP contribution in [0.3, 0.4) is 0 Å². The molecule has 0 saturated heterocycles. The minimum absolute atomic E-state index is 0.635. The fourth-order valence-electron chi connectivity index (χ4n) is 2.55. The molecule has 0 heterocycles. The molecule has 0 radical (unpaired) electrons. The lowest BCUT2D eigenvalue weighted by molar-refractivity contribution is 0.220. The highest BCUT2D eigenvalue weighted by atomic mass is 16.3. The molecule has 2 nitrogen and oxygen atoms in total. The Labute approximate surface area is 130 Å². The maximum absolute atomic E-state index is 10.5. The Bertz CT molecular complexity index is 763. The van der Waals surface area contributed by atoms with Gasteiger partial charge in [0.15, 0.2) is 0 Å². The summed E-state index contributed by atoms with van der Waals surface area (Å²) in [6, 6.07) is 23.9. The lowest BCUT2D eigenvalue weighted by atomic mass is 9.97. The summed E-state index contributed by atoms with van der Waals surface area (Å²) in [6.45, 7) is 1.95. The number of nitrogens with two attached hydrogens (primary N) is 1. The Morgan fingerprint density at radius 1 is 0.773 bits per heavy atom.